The first-order valence-corrected chi connectivity index (χ1v) is 4.79. The third kappa shape index (κ3) is 2.60. The fourth-order valence-electron chi connectivity index (χ4n) is 1.39. The van der Waals surface area contributed by atoms with Gasteiger partial charge in [-0.15, -0.1) is 0 Å². The molecule has 0 spiro atoms. The Labute approximate surface area is 85.7 Å². The van der Waals surface area contributed by atoms with Crippen molar-refractivity contribution in [1.82, 2.24) is 0 Å². The topological polar surface area (TPSA) is 40.5 Å². The smallest absolute Gasteiger partial charge is 0.423 e. The third-order valence-electron chi connectivity index (χ3n) is 2.26. The van der Waals surface area contributed by atoms with Crippen molar-refractivity contribution in [2.75, 3.05) is 0 Å². The zero-order valence-electron chi connectivity index (χ0n) is 9.20. The van der Waals surface area contributed by atoms with E-state index < -0.39 is 7.12 Å². The highest BCUT2D eigenvalue weighted by Crippen LogP contribution is 2.21. The van der Waals surface area contributed by atoms with Crippen LogP contribution >= 0.6 is 0 Å². The van der Waals surface area contributed by atoms with Crippen LogP contribution < -0.4 is 5.46 Å². The fourth-order valence-corrected chi connectivity index (χ4v) is 1.39. The molecular weight excluding hydrogens is 175 g/mol. The molecule has 0 saturated heterocycles. The molecule has 2 N–H and O–H groups in total. The molecule has 0 aliphatic heterocycles. The van der Waals surface area contributed by atoms with Crippen LogP contribution in [0.4, 0.5) is 0 Å². The maximum absolute atomic E-state index is 9.09. The molecule has 0 fully saturated rings. The van der Waals surface area contributed by atoms with Gasteiger partial charge < -0.3 is 10.0 Å². The average molecular weight is 192 g/mol. The van der Waals surface area contributed by atoms with Crippen molar-refractivity contribution in [3.8, 4) is 0 Å². The fraction of sp³-hybridized carbons (Fsp3) is 0.455. The van der Waals surface area contributed by atoms with E-state index in [1.807, 2.05) is 13.0 Å². The van der Waals surface area contributed by atoms with Gasteiger partial charge in [0.05, 0.1) is 0 Å². The Morgan fingerprint density at radius 1 is 1.07 bits per heavy atom. The van der Waals surface area contributed by atoms with Gasteiger partial charge in [-0.05, 0) is 23.4 Å². The number of hydrogen-bond acceptors (Lipinski definition) is 2. The molecule has 3 heteroatoms. The first kappa shape index (κ1) is 11.3. The first-order valence-electron chi connectivity index (χ1n) is 4.79. The molecule has 0 aromatic heterocycles. The van der Waals surface area contributed by atoms with Crippen LogP contribution in [0.1, 0.15) is 31.9 Å². The summed E-state index contributed by atoms with van der Waals surface area (Å²) >= 11 is 0. The third-order valence-corrected chi connectivity index (χ3v) is 2.26. The van der Waals surface area contributed by atoms with E-state index in [2.05, 4.69) is 26.8 Å². The number of rotatable bonds is 1. The normalized spacial score (nSPS) is 11.6. The predicted octanol–water partition coefficient (Wildman–Crippen LogP) is 0.972. The van der Waals surface area contributed by atoms with Crippen molar-refractivity contribution in [2.24, 2.45) is 0 Å². The van der Waals surface area contributed by atoms with Crippen molar-refractivity contribution in [3.05, 3.63) is 29.3 Å². The molecule has 0 unspecified atom stereocenters. The van der Waals surface area contributed by atoms with Gasteiger partial charge in [-0.2, -0.15) is 0 Å². The minimum absolute atomic E-state index is 0.0374. The molecule has 1 aromatic rings. The Morgan fingerprint density at radius 2 is 1.64 bits per heavy atom. The maximum Gasteiger partial charge on any atom is 0.488 e. The minimum atomic E-state index is -1.38. The van der Waals surface area contributed by atoms with Crippen LogP contribution in [0.3, 0.4) is 0 Å². The van der Waals surface area contributed by atoms with Gasteiger partial charge in [0.2, 0.25) is 0 Å². The van der Waals surface area contributed by atoms with Crippen LogP contribution in [0.5, 0.6) is 0 Å². The van der Waals surface area contributed by atoms with Gasteiger partial charge in [0, 0.05) is 0 Å². The summed E-state index contributed by atoms with van der Waals surface area (Å²) in [5, 5.41) is 18.2. The summed E-state index contributed by atoms with van der Waals surface area (Å²) in [6.07, 6.45) is 0. The molecule has 0 bridgehead atoms. The highest BCUT2D eigenvalue weighted by atomic mass is 16.4. The first-order chi connectivity index (χ1) is 6.30. The summed E-state index contributed by atoms with van der Waals surface area (Å²) in [5.41, 5.74) is 2.78. The molecule has 1 aromatic carbocycles. The maximum atomic E-state index is 9.09. The van der Waals surface area contributed by atoms with Gasteiger partial charge in [0.25, 0.3) is 0 Å². The molecular formula is C11H17BO2. The van der Waals surface area contributed by atoms with E-state index in [-0.39, 0.29) is 5.41 Å². The second-order valence-corrected chi connectivity index (χ2v) is 4.76. The molecule has 0 amide bonds. The minimum Gasteiger partial charge on any atom is -0.423 e. The van der Waals surface area contributed by atoms with E-state index in [0.717, 1.165) is 11.1 Å². The SMILES string of the molecule is Cc1cc(B(O)O)cc(C(C)(C)C)c1. The van der Waals surface area contributed by atoms with Crippen LogP contribution in [0.15, 0.2) is 18.2 Å². The molecule has 0 atom stereocenters. The highest BCUT2D eigenvalue weighted by molar-refractivity contribution is 6.58. The van der Waals surface area contributed by atoms with Gasteiger partial charge >= 0.3 is 7.12 Å². The molecule has 0 heterocycles. The average Bonchev–Trinajstić information content (AvgIpc) is 2.01. The lowest BCUT2D eigenvalue weighted by Crippen LogP contribution is -2.31. The van der Waals surface area contributed by atoms with Gasteiger partial charge in [-0.1, -0.05) is 44.5 Å². The molecule has 0 saturated carbocycles. The van der Waals surface area contributed by atoms with E-state index in [4.69, 9.17) is 10.0 Å². The Hall–Kier alpha value is -0.795. The van der Waals surface area contributed by atoms with Crippen molar-refractivity contribution in [1.29, 1.82) is 0 Å². The van der Waals surface area contributed by atoms with Crippen LogP contribution in [-0.2, 0) is 5.41 Å². The lowest BCUT2D eigenvalue weighted by Gasteiger charge is -2.20. The van der Waals surface area contributed by atoms with Crippen LogP contribution in [0.25, 0.3) is 0 Å². The van der Waals surface area contributed by atoms with Gasteiger partial charge in [-0.25, -0.2) is 0 Å². The molecule has 2 nitrogen and oxygen atoms in total. The molecule has 1 rings (SSSR count). The van der Waals surface area contributed by atoms with E-state index >= 15 is 0 Å². The zero-order chi connectivity index (χ0) is 10.9. The molecule has 14 heavy (non-hydrogen) atoms. The molecule has 0 aliphatic carbocycles. The molecule has 0 aliphatic rings. The number of hydrogen-bond donors (Lipinski definition) is 2. The van der Waals surface area contributed by atoms with Gasteiger partial charge in [0.15, 0.2) is 0 Å². The van der Waals surface area contributed by atoms with Crippen molar-refractivity contribution >= 4 is 12.6 Å². The van der Waals surface area contributed by atoms with Crippen LogP contribution in [0.2, 0.25) is 0 Å². The zero-order valence-corrected chi connectivity index (χ0v) is 9.20. The second-order valence-electron chi connectivity index (χ2n) is 4.76. The Kier molecular flexibility index (Phi) is 3.02. The summed E-state index contributed by atoms with van der Waals surface area (Å²) in [6.45, 7) is 8.28. The number of benzene rings is 1. The summed E-state index contributed by atoms with van der Waals surface area (Å²) in [7, 11) is -1.38. The van der Waals surface area contributed by atoms with Crippen LogP contribution in [0, 0.1) is 6.92 Å². The van der Waals surface area contributed by atoms with Crippen LogP contribution in [-0.4, -0.2) is 17.2 Å². The Morgan fingerprint density at radius 3 is 2.07 bits per heavy atom. The molecule has 76 valence electrons. The van der Waals surface area contributed by atoms with Gasteiger partial charge in [0.1, 0.15) is 0 Å². The van der Waals surface area contributed by atoms with Gasteiger partial charge in [-0.3, -0.25) is 0 Å². The van der Waals surface area contributed by atoms with E-state index in [0.29, 0.717) is 5.46 Å². The summed E-state index contributed by atoms with van der Waals surface area (Å²) in [5.74, 6) is 0. The summed E-state index contributed by atoms with van der Waals surface area (Å²) < 4.78 is 0. The van der Waals surface area contributed by atoms with E-state index in [1.54, 1.807) is 6.07 Å². The van der Waals surface area contributed by atoms with Crippen molar-refractivity contribution in [2.45, 2.75) is 33.1 Å². The highest BCUT2D eigenvalue weighted by Gasteiger charge is 2.18. The van der Waals surface area contributed by atoms with Crippen molar-refractivity contribution < 1.29 is 10.0 Å². The summed E-state index contributed by atoms with van der Waals surface area (Å²) in [4.78, 5) is 0. The second kappa shape index (κ2) is 3.75. The van der Waals surface area contributed by atoms with E-state index in [1.165, 1.54) is 0 Å². The lowest BCUT2D eigenvalue weighted by molar-refractivity contribution is 0.425. The lowest BCUT2D eigenvalue weighted by atomic mass is 9.75. The number of aryl methyl sites for hydroxylation is 1. The largest absolute Gasteiger partial charge is 0.488 e. The summed E-state index contributed by atoms with van der Waals surface area (Å²) in [6, 6.07) is 5.71. The predicted molar refractivity (Wildman–Crippen MR) is 59.7 cm³/mol. The Balaban J connectivity index is 3.21. The molecule has 0 radical (unpaired) electrons. The quantitative estimate of drug-likeness (QED) is 0.651. The van der Waals surface area contributed by atoms with E-state index in [9.17, 15) is 0 Å². The van der Waals surface area contributed by atoms with Crippen molar-refractivity contribution in [3.63, 3.8) is 0 Å². The standard InChI is InChI=1S/C11H17BO2/c1-8-5-9(11(2,3)4)7-10(6-8)12(13)14/h5-7,13-14H,1-4H3. The Bertz CT molecular complexity index is 327. The monoisotopic (exact) mass is 192 g/mol.